The molecule has 0 spiro atoms. The first kappa shape index (κ1) is 17.5. The summed E-state index contributed by atoms with van der Waals surface area (Å²) < 4.78 is 1.23. The molecule has 0 amide bonds. The van der Waals surface area contributed by atoms with Crippen LogP contribution in [-0.2, 0) is 0 Å². The molecule has 0 unspecified atom stereocenters. The molecule has 0 saturated carbocycles. The molecule has 2 heterocycles. The van der Waals surface area contributed by atoms with Crippen LogP contribution < -0.4 is 9.80 Å². The lowest BCUT2D eigenvalue weighted by molar-refractivity contribution is 0.653. The lowest BCUT2D eigenvalue weighted by Gasteiger charge is -2.37. The molecule has 3 nitrogen and oxygen atoms in total. The molecule has 4 aromatic rings. The van der Waals surface area contributed by atoms with E-state index in [9.17, 15) is 0 Å². The number of aromatic nitrogens is 1. The van der Waals surface area contributed by atoms with E-state index in [1.54, 1.807) is 11.3 Å². The fraction of sp³-hybridized carbons (Fsp3) is 0.174. The van der Waals surface area contributed by atoms with Crippen molar-refractivity contribution < 1.29 is 0 Å². The number of nitrogens with zero attached hydrogens (tertiary/aromatic N) is 3. The SMILES string of the molecule is Clc1ccccc1N1CCN(c2ccc(-c3nc4ccccc4s3)cc2)CC1. The van der Waals surface area contributed by atoms with Gasteiger partial charge < -0.3 is 9.80 Å². The standard InChI is InChI=1S/C23H20ClN3S/c24-19-5-1-3-7-21(19)27-15-13-26(14-16-27)18-11-9-17(10-12-18)23-25-20-6-2-4-8-22(20)28-23/h1-12H,13-16H2. The van der Waals surface area contributed by atoms with Gasteiger partial charge in [0.05, 0.1) is 20.9 Å². The van der Waals surface area contributed by atoms with Gasteiger partial charge in [0.2, 0.25) is 0 Å². The first-order valence-corrected chi connectivity index (χ1v) is 10.7. The van der Waals surface area contributed by atoms with Gasteiger partial charge in [-0.15, -0.1) is 11.3 Å². The molecule has 28 heavy (non-hydrogen) atoms. The smallest absolute Gasteiger partial charge is 0.124 e. The maximum absolute atomic E-state index is 6.36. The average molecular weight is 406 g/mol. The highest BCUT2D eigenvalue weighted by Gasteiger charge is 2.19. The summed E-state index contributed by atoms with van der Waals surface area (Å²) in [6, 6.07) is 25.2. The molecule has 1 aliphatic heterocycles. The topological polar surface area (TPSA) is 19.4 Å². The molecule has 0 atom stereocenters. The second-order valence-electron chi connectivity index (χ2n) is 6.96. The second-order valence-corrected chi connectivity index (χ2v) is 8.40. The minimum absolute atomic E-state index is 0.830. The normalized spacial score (nSPS) is 14.6. The third-order valence-corrected chi connectivity index (χ3v) is 6.65. The van der Waals surface area contributed by atoms with E-state index in [0.29, 0.717) is 0 Å². The second kappa shape index (κ2) is 7.46. The van der Waals surface area contributed by atoms with Crippen molar-refractivity contribution in [2.75, 3.05) is 36.0 Å². The van der Waals surface area contributed by atoms with Crippen LogP contribution in [0.5, 0.6) is 0 Å². The zero-order valence-corrected chi connectivity index (χ0v) is 17.0. The van der Waals surface area contributed by atoms with Crippen molar-refractivity contribution in [1.82, 2.24) is 4.98 Å². The summed E-state index contributed by atoms with van der Waals surface area (Å²) in [5.74, 6) is 0. The van der Waals surface area contributed by atoms with Crippen LogP contribution in [-0.4, -0.2) is 31.2 Å². The molecule has 0 aliphatic carbocycles. The zero-order valence-electron chi connectivity index (χ0n) is 15.4. The summed E-state index contributed by atoms with van der Waals surface area (Å²) in [5.41, 5.74) is 4.65. The molecule has 3 aromatic carbocycles. The van der Waals surface area contributed by atoms with Crippen LogP contribution in [0.25, 0.3) is 20.8 Å². The Morgan fingerprint density at radius 1 is 0.750 bits per heavy atom. The van der Waals surface area contributed by atoms with E-state index < -0.39 is 0 Å². The molecular formula is C23H20ClN3S. The minimum Gasteiger partial charge on any atom is -0.368 e. The van der Waals surface area contributed by atoms with Crippen molar-refractivity contribution in [3.05, 3.63) is 77.8 Å². The average Bonchev–Trinajstić information content (AvgIpc) is 3.19. The molecule has 140 valence electrons. The van der Waals surface area contributed by atoms with Crippen LogP contribution in [0.1, 0.15) is 0 Å². The van der Waals surface area contributed by atoms with Gasteiger partial charge in [0, 0.05) is 37.4 Å². The highest BCUT2D eigenvalue weighted by Crippen LogP contribution is 2.32. The number of anilines is 2. The van der Waals surface area contributed by atoms with E-state index in [2.05, 4.69) is 58.3 Å². The lowest BCUT2D eigenvalue weighted by atomic mass is 10.1. The van der Waals surface area contributed by atoms with E-state index in [1.807, 2.05) is 24.3 Å². The van der Waals surface area contributed by atoms with Crippen LogP contribution >= 0.6 is 22.9 Å². The number of hydrogen-bond donors (Lipinski definition) is 0. The molecule has 0 radical (unpaired) electrons. The van der Waals surface area contributed by atoms with Gasteiger partial charge in [-0.3, -0.25) is 0 Å². The van der Waals surface area contributed by atoms with E-state index >= 15 is 0 Å². The lowest BCUT2D eigenvalue weighted by Crippen LogP contribution is -2.46. The van der Waals surface area contributed by atoms with Gasteiger partial charge in [0.1, 0.15) is 5.01 Å². The highest BCUT2D eigenvalue weighted by molar-refractivity contribution is 7.21. The Hall–Kier alpha value is -2.56. The van der Waals surface area contributed by atoms with Crippen molar-refractivity contribution in [2.45, 2.75) is 0 Å². The fourth-order valence-corrected chi connectivity index (χ4v) is 4.95. The summed E-state index contributed by atoms with van der Waals surface area (Å²) in [4.78, 5) is 9.57. The van der Waals surface area contributed by atoms with Crippen molar-refractivity contribution >= 4 is 44.5 Å². The van der Waals surface area contributed by atoms with E-state index in [-0.39, 0.29) is 0 Å². The Morgan fingerprint density at radius 3 is 2.18 bits per heavy atom. The maximum Gasteiger partial charge on any atom is 0.124 e. The van der Waals surface area contributed by atoms with Crippen molar-refractivity contribution in [2.24, 2.45) is 0 Å². The Labute approximate surface area is 173 Å². The van der Waals surface area contributed by atoms with Gasteiger partial charge in [-0.2, -0.15) is 0 Å². The van der Waals surface area contributed by atoms with E-state index in [4.69, 9.17) is 16.6 Å². The van der Waals surface area contributed by atoms with Crippen molar-refractivity contribution in [1.29, 1.82) is 0 Å². The van der Waals surface area contributed by atoms with Crippen molar-refractivity contribution in [3.63, 3.8) is 0 Å². The Kier molecular flexibility index (Phi) is 4.67. The predicted octanol–water partition coefficient (Wildman–Crippen LogP) is 5.94. The Bertz CT molecular complexity index is 1070. The van der Waals surface area contributed by atoms with Crippen molar-refractivity contribution in [3.8, 4) is 10.6 Å². The Morgan fingerprint density at radius 2 is 1.43 bits per heavy atom. The summed E-state index contributed by atoms with van der Waals surface area (Å²) in [7, 11) is 0. The Balaban J connectivity index is 1.29. The third-order valence-electron chi connectivity index (χ3n) is 5.25. The molecule has 0 bridgehead atoms. The number of rotatable bonds is 3. The van der Waals surface area contributed by atoms with Gasteiger partial charge in [-0.05, 0) is 48.5 Å². The molecule has 1 saturated heterocycles. The molecule has 5 heteroatoms. The monoisotopic (exact) mass is 405 g/mol. The van der Waals surface area contributed by atoms with E-state index in [0.717, 1.165) is 47.4 Å². The number of thiazole rings is 1. The van der Waals surface area contributed by atoms with Crippen LogP contribution in [0, 0.1) is 0 Å². The van der Waals surface area contributed by atoms with Crippen LogP contribution in [0.2, 0.25) is 5.02 Å². The maximum atomic E-state index is 6.36. The highest BCUT2D eigenvalue weighted by atomic mass is 35.5. The van der Waals surface area contributed by atoms with Gasteiger partial charge in [-0.25, -0.2) is 4.98 Å². The molecule has 0 N–H and O–H groups in total. The quantitative estimate of drug-likeness (QED) is 0.420. The van der Waals surface area contributed by atoms with Crippen LogP contribution in [0.4, 0.5) is 11.4 Å². The molecule has 1 aromatic heterocycles. The first-order valence-electron chi connectivity index (χ1n) is 9.48. The van der Waals surface area contributed by atoms with Gasteiger partial charge in [0.15, 0.2) is 0 Å². The third kappa shape index (κ3) is 3.34. The van der Waals surface area contributed by atoms with Gasteiger partial charge in [0.25, 0.3) is 0 Å². The number of para-hydroxylation sites is 2. The van der Waals surface area contributed by atoms with Crippen LogP contribution in [0.3, 0.4) is 0 Å². The first-order chi connectivity index (χ1) is 13.8. The summed E-state index contributed by atoms with van der Waals surface area (Å²) in [6.07, 6.45) is 0. The summed E-state index contributed by atoms with van der Waals surface area (Å²) in [5, 5.41) is 1.91. The molecular weight excluding hydrogens is 386 g/mol. The van der Waals surface area contributed by atoms with Gasteiger partial charge >= 0.3 is 0 Å². The fourth-order valence-electron chi connectivity index (χ4n) is 3.72. The number of hydrogen-bond acceptors (Lipinski definition) is 4. The number of halogens is 1. The van der Waals surface area contributed by atoms with Gasteiger partial charge in [-0.1, -0.05) is 35.9 Å². The zero-order chi connectivity index (χ0) is 18.9. The summed E-state index contributed by atoms with van der Waals surface area (Å²) >= 11 is 8.10. The number of fused-ring (bicyclic) bond motifs is 1. The molecule has 5 rings (SSSR count). The largest absolute Gasteiger partial charge is 0.368 e. The minimum atomic E-state index is 0.830. The number of piperazine rings is 1. The van der Waals surface area contributed by atoms with Crippen LogP contribution in [0.15, 0.2) is 72.8 Å². The molecule has 1 fully saturated rings. The number of benzene rings is 3. The van der Waals surface area contributed by atoms with E-state index in [1.165, 1.54) is 16.0 Å². The molecule has 1 aliphatic rings. The predicted molar refractivity (Wildman–Crippen MR) is 121 cm³/mol. The summed E-state index contributed by atoms with van der Waals surface area (Å²) in [6.45, 7) is 3.93.